The van der Waals surface area contributed by atoms with E-state index in [9.17, 15) is 9.59 Å². The molecule has 5 heteroatoms. The van der Waals surface area contributed by atoms with Crippen LogP contribution in [0.2, 0.25) is 19.6 Å². The Balaban J connectivity index is 2.65. The maximum Gasteiger partial charge on any atom is 0.315 e. The van der Waals surface area contributed by atoms with Crippen molar-refractivity contribution in [2.75, 3.05) is 6.54 Å². The molecule has 0 spiro atoms. The van der Waals surface area contributed by atoms with Gasteiger partial charge in [-0.15, -0.1) is 0 Å². The average molecular weight is 243 g/mol. The fourth-order valence-electron chi connectivity index (χ4n) is 1.88. The minimum atomic E-state index is -1.85. The Morgan fingerprint density at radius 1 is 1.38 bits per heavy atom. The Labute approximate surface area is 98.1 Å². The summed E-state index contributed by atoms with van der Waals surface area (Å²) in [4.78, 5) is 25.2. The highest BCUT2D eigenvalue weighted by Gasteiger charge is 2.36. The second-order valence-corrected chi connectivity index (χ2v) is 9.56. The standard InChI is InChI=1S/C11H21NO3Si/c1-5-10(13)12-8-6-7-9(12)11(14)15-16(2,3)4/h9H,5-8H2,1-4H3. The Hall–Kier alpha value is -0.843. The van der Waals surface area contributed by atoms with E-state index in [-0.39, 0.29) is 17.9 Å². The van der Waals surface area contributed by atoms with Crippen LogP contribution in [0.4, 0.5) is 0 Å². The van der Waals surface area contributed by atoms with Gasteiger partial charge in [-0.3, -0.25) is 9.59 Å². The molecule has 0 bridgehead atoms. The monoisotopic (exact) mass is 243 g/mol. The van der Waals surface area contributed by atoms with Crippen LogP contribution in [0.5, 0.6) is 0 Å². The van der Waals surface area contributed by atoms with Crippen LogP contribution in [-0.4, -0.2) is 37.7 Å². The molecule has 0 saturated carbocycles. The van der Waals surface area contributed by atoms with Crippen molar-refractivity contribution in [2.45, 2.75) is 51.9 Å². The van der Waals surface area contributed by atoms with Gasteiger partial charge in [0.25, 0.3) is 0 Å². The minimum Gasteiger partial charge on any atom is -0.518 e. The van der Waals surface area contributed by atoms with Crippen LogP contribution in [0, 0.1) is 0 Å². The van der Waals surface area contributed by atoms with Gasteiger partial charge in [-0.1, -0.05) is 6.92 Å². The van der Waals surface area contributed by atoms with Gasteiger partial charge < -0.3 is 9.33 Å². The third kappa shape index (κ3) is 3.33. The lowest BCUT2D eigenvalue weighted by molar-refractivity contribution is -0.146. The fraction of sp³-hybridized carbons (Fsp3) is 0.818. The van der Waals surface area contributed by atoms with Crippen molar-refractivity contribution in [3.05, 3.63) is 0 Å². The van der Waals surface area contributed by atoms with Crippen molar-refractivity contribution in [1.82, 2.24) is 4.90 Å². The van der Waals surface area contributed by atoms with Crippen molar-refractivity contribution in [3.8, 4) is 0 Å². The third-order valence-electron chi connectivity index (χ3n) is 2.55. The van der Waals surface area contributed by atoms with E-state index >= 15 is 0 Å². The van der Waals surface area contributed by atoms with E-state index in [0.717, 1.165) is 12.8 Å². The molecule has 92 valence electrons. The highest BCUT2D eigenvalue weighted by molar-refractivity contribution is 6.71. The first kappa shape index (κ1) is 13.2. The molecule has 1 aliphatic heterocycles. The van der Waals surface area contributed by atoms with E-state index in [2.05, 4.69) is 0 Å². The van der Waals surface area contributed by atoms with Crippen LogP contribution in [0.3, 0.4) is 0 Å². The molecule has 1 rings (SSSR count). The van der Waals surface area contributed by atoms with Crippen LogP contribution in [-0.2, 0) is 14.0 Å². The lowest BCUT2D eigenvalue weighted by Crippen LogP contribution is -2.44. The molecule has 1 unspecified atom stereocenters. The lowest BCUT2D eigenvalue weighted by Gasteiger charge is -2.26. The smallest absolute Gasteiger partial charge is 0.315 e. The molecule has 1 aliphatic rings. The topological polar surface area (TPSA) is 46.6 Å². The Kier molecular flexibility index (Phi) is 4.13. The zero-order chi connectivity index (χ0) is 12.3. The summed E-state index contributed by atoms with van der Waals surface area (Å²) in [6.45, 7) is 8.45. The second-order valence-electron chi connectivity index (χ2n) is 5.13. The Morgan fingerprint density at radius 2 is 2.00 bits per heavy atom. The number of rotatable bonds is 3. The Morgan fingerprint density at radius 3 is 2.50 bits per heavy atom. The normalized spacial score (nSPS) is 21.0. The van der Waals surface area contributed by atoms with Gasteiger partial charge in [-0.05, 0) is 32.5 Å². The number of hydrogen-bond donors (Lipinski definition) is 0. The zero-order valence-electron chi connectivity index (χ0n) is 10.6. The molecule has 1 amide bonds. The van der Waals surface area contributed by atoms with Crippen molar-refractivity contribution in [1.29, 1.82) is 0 Å². The molecule has 16 heavy (non-hydrogen) atoms. The molecule has 1 fully saturated rings. The van der Waals surface area contributed by atoms with Crippen LogP contribution in [0.1, 0.15) is 26.2 Å². The SMILES string of the molecule is CCC(=O)N1CCCC1C(=O)O[Si](C)(C)C. The lowest BCUT2D eigenvalue weighted by atomic mass is 10.2. The first-order valence-corrected chi connectivity index (χ1v) is 9.28. The number of amides is 1. The van der Waals surface area contributed by atoms with Crippen molar-refractivity contribution in [2.24, 2.45) is 0 Å². The summed E-state index contributed by atoms with van der Waals surface area (Å²) in [5, 5.41) is 0. The van der Waals surface area contributed by atoms with E-state index in [0.29, 0.717) is 13.0 Å². The number of likely N-dealkylation sites (tertiary alicyclic amines) is 1. The molecule has 1 saturated heterocycles. The van der Waals surface area contributed by atoms with Gasteiger partial charge in [0, 0.05) is 13.0 Å². The first-order chi connectivity index (χ1) is 7.35. The van der Waals surface area contributed by atoms with E-state index < -0.39 is 8.32 Å². The predicted octanol–water partition coefficient (Wildman–Crippen LogP) is 1.77. The summed E-state index contributed by atoms with van der Waals surface area (Å²) in [6.07, 6.45) is 2.10. The molecular weight excluding hydrogens is 222 g/mol. The van der Waals surface area contributed by atoms with Crippen molar-refractivity contribution >= 4 is 20.2 Å². The van der Waals surface area contributed by atoms with Crippen molar-refractivity contribution < 1.29 is 14.0 Å². The quantitative estimate of drug-likeness (QED) is 0.710. The van der Waals surface area contributed by atoms with E-state index in [1.54, 1.807) is 4.90 Å². The number of hydrogen-bond acceptors (Lipinski definition) is 3. The number of carbonyl (C=O) groups excluding carboxylic acids is 2. The molecule has 1 atom stereocenters. The summed E-state index contributed by atoms with van der Waals surface area (Å²) in [5.74, 6) is -0.159. The van der Waals surface area contributed by atoms with Gasteiger partial charge in [0.05, 0.1) is 0 Å². The molecule has 0 aromatic heterocycles. The van der Waals surface area contributed by atoms with E-state index in [1.807, 2.05) is 26.6 Å². The fourth-order valence-corrected chi connectivity index (χ4v) is 2.62. The first-order valence-electron chi connectivity index (χ1n) is 5.87. The highest BCUT2D eigenvalue weighted by atomic mass is 28.4. The molecule has 0 radical (unpaired) electrons. The summed E-state index contributed by atoms with van der Waals surface area (Å²) < 4.78 is 5.45. The average Bonchev–Trinajstić information content (AvgIpc) is 2.62. The van der Waals surface area contributed by atoms with Crippen LogP contribution in [0.15, 0.2) is 0 Å². The van der Waals surface area contributed by atoms with Gasteiger partial charge >= 0.3 is 5.97 Å². The zero-order valence-corrected chi connectivity index (χ0v) is 11.6. The molecule has 0 aromatic carbocycles. The number of nitrogens with zero attached hydrogens (tertiary/aromatic N) is 1. The van der Waals surface area contributed by atoms with Gasteiger partial charge in [-0.25, -0.2) is 0 Å². The molecule has 0 N–H and O–H groups in total. The molecule has 4 nitrogen and oxygen atoms in total. The minimum absolute atomic E-state index is 0.0509. The number of carbonyl (C=O) groups is 2. The largest absolute Gasteiger partial charge is 0.518 e. The van der Waals surface area contributed by atoms with E-state index in [4.69, 9.17) is 4.43 Å². The Bertz CT molecular complexity index is 285. The second kappa shape index (κ2) is 4.99. The molecule has 1 heterocycles. The van der Waals surface area contributed by atoms with E-state index in [1.165, 1.54) is 0 Å². The van der Waals surface area contributed by atoms with Crippen LogP contribution in [0.25, 0.3) is 0 Å². The third-order valence-corrected chi connectivity index (χ3v) is 3.37. The highest BCUT2D eigenvalue weighted by Crippen LogP contribution is 2.20. The summed E-state index contributed by atoms with van der Waals surface area (Å²) in [5.41, 5.74) is 0. The van der Waals surface area contributed by atoms with Crippen LogP contribution >= 0.6 is 0 Å². The molecule has 0 aliphatic carbocycles. The van der Waals surface area contributed by atoms with Crippen molar-refractivity contribution in [3.63, 3.8) is 0 Å². The molecular formula is C11H21NO3Si. The maximum atomic E-state index is 11.9. The maximum absolute atomic E-state index is 11.9. The summed E-state index contributed by atoms with van der Waals surface area (Å²) >= 11 is 0. The van der Waals surface area contributed by atoms with Gasteiger partial charge in [0.2, 0.25) is 14.2 Å². The van der Waals surface area contributed by atoms with Gasteiger partial charge in [0.1, 0.15) is 6.04 Å². The van der Waals surface area contributed by atoms with Gasteiger partial charge in [-0.2, -0.15) is 0 Å². The summed E-state index contributed by atoms with van der Waals surface area (Å²) in [6, 6.07) is -0.334. The summed E-state index contributed by atoms with van der Waals surface area (Å²) in [7, 11) is -1.85. The van der Waals surface area contributed by atoms with Crippen LogP contribution < -0.4 is 0 Å². The predicted molar refractivity (Wildman–Crippen MR) is 64.5 cm³/mol. The van der Waals surface area contributed by atoms with Gasteiger partial charge in [0.15, 0.2) is 0 Å². The molecule has 0 aromatic rings.